The molecular weight excluding hydrogens is 364 g/mol. The summed E-state index contributed by atoms with van der Waals surface area (Å²) in [5.41, 5.74) is 3.02. The van der Waals surface area contributed by atoms with Gasteiger partial charge in [0, 0.05) is 25.0 Å². The minimum absolute atomic E-state index is 0.0994. The van der Waals surface area contributed by atoms with Crippen molar-refractivity contribution < 1.29 is 4.79 Å². The molecule has 1 unspecified atom stereocenters. The summed E-state index contributed by atoms with van der Waals surface area (Å²) in [5.74, 6) is -0.0994. The predicted octanol–water partition coefficient (Wildman–Crippen LogP) is 3.69. The molecule has 1 N–H and O–H groups in total. The van der Waals surface area contributed by atoms with Gasteiger partial charge in [-0.1, -0.05) is 18.5 Å². The molecule has 0 aliphatic heterocycles. The van der Waals surface area contributed by atoms with Crippen LogP contribution in [-0.4, -0.2) is 37.0 Å². The lowest BCUT2D eigenvalue weighted by Gasteiger charge is -2.16. The van der Waals surface area contributed by atoms with Crippen molar-refractivity contribution >= 4 is 28.5 Å². The Balaban J connectivity index is 1.75. The van der Waals surface area contributed by atoms with Crippen LogP contribution in [0, 0.1) is 13.8 Å². The van der Waals surface area contributed by atoms with Crippen LogP contribution in [0.3, 0.4) is 0 Å². The molecule has 0 fully saturated rings. The minimum Gasteiger partial charge on any atom is -0.352 e. The van der Waals surface area contributed by atoms with E-state index >= 15 is 0 Å². The molecule has 3 heterocycles. The molecule has 0 aromatic carbocycles. The zero-order chi connectivity index (χ0) is 19.6. The second-order valence-electron chi connectivity index (χ2n) is 6.66. The van der Waals surface area contributed by atoms with Crippen LogP contribution >= 0.6 is 11.6 Å². The van der Waals surface area contributed by atoms with Gasteiger partial charge in [-0.05, 0) is 39.7 Å². The first-order valence-corrected chi connectivity index (χ1v) is 9.65. The van der Waals surface area contributed by atoms with Gasteiger partial charge >= 0.3 is 0 Å². The molecule has 0 saturated heterocycles. The second-order valence-corrected chi connectivity index (χ2v) is 7.09. The van der Waals surface area contributed by atoms with Crippen molar-refractivity contribution in [2.24, 2.45) is 0 Å². The summed E-state index contributed by atoms with van der Waals surface area (Å²) in [6, 6.07) is 2.03. The maximum absolute atomic E-state index is 12.9. The molecule has 0 aliphatic rings. The van der Waals surface area contributed by atoms with E-state index in [0.717, 1.165) is 35.3 Å². The molecule has 0 spiro atoms. The van der Waals surface area contributed by atoms with Crippen molar-refractivity contribution in [1.29, 1.82) is 0 Å². The predicted molar refractivity (Wildman–Crippen MR) is 106 cm³/mol. The average Bonchev–Trinajstić information content (AvgIpc) is 3.21. The van der Waals surface area contributed by atoms with Gasteiger partial charge in [0.25, 0.3) is 5.91 Å². The molecule has 0 aliphatic carbocycles. The topological polar surface area (TPSA) is 77.6 Å². The van der Waals surface area contributed by atoms with Crippen molar-refractivity contribution in [3.05, 3.63) is 40.4 Å². The Morgan fingerprint density at radius 3 is 2.74 bits per heavy atom. The normalized spacial score (nSPS) is 12.5. The zero-order valence-corrected chi connectivity index (χ0v) is 16.9. The number of hydrogen-bond donors (Lipinski definition) is 1. The Morgan fingerprint density at radius 1 is 1.33 bits per heavy atom. The summed E-state index contributed by atoms with van der Waals surface area (Å²) >= 11 is 5.96. The molecule has 1 amide bonds. The number of carbonyl (C=O) groups is 1. The van der Waals surface area contributed by atoms with Gasteiger partial charge in [0.05, 0.1) is 33.9 Å². The van der Waals surface area contributed by atoms with Gasteiger partial charge in [0.15, 0.2) is 5.65 Å². The molecule has 0 bridgehead atoms. The number of carbonyl (C=O) groups excluding carboxylic acids is 1. The molecule has 144 valence electrons. The van der Waals surface area contributed by atoms with Crippen molar-refractivity contribution in [2.45, 2.75) is 53.1 Å². The number of amides is 1. The van der Waals surface area contributed by atoms with Crippen LogP contribution in [0.1, 0.15) is 54.5 Å². The largest absolute Gasteiger partial charge is 0.352 e. The molecule has 1 atom stereocenters. The summed E-state index contributed by atoms with van der Waals surface area (Å²) in [7, 11) is 0. The smallest absolute Gasteiger partial charge is 0.252 e. The molecular formula is C19H25ClN6O. The molecule has 3 rings (SSSR count). The Morgan fingerprint density at radius 2 is 2.11 bits per heavy atom. The number of hydrogen-bond acceptors (Lipinski definition) is 4. The van der Waals surface area contributed by atoms with Gasteiger partial charge in [-0.25, -0.2) is 9.67 Å². The monoisotopic (exact) mass is 388 g/mol. The fourth-order valence-corrected chi connectivity index (χ4v) is 3.51. The summed E-state index contributed by atoms with van der Waals surface area (Å²) in [6.07, 6.45) is 5.14. The highest BCUT2D eigenvalue weighted by Gasteiger charge is 2.18. The van der Waals surface area contributed by atoms with Crippen LogP contribution in [0.15, 0.2) is 18.5 Å². The first-order chi connectivity index (χ1) is 12.9. The summed E-state index contributed by atoms with van der Waals surface area (Å²) in [5, 5.41) is 13.3. The van der Waals surface area contributed by atoms with Crippen LogP contribution in [-0.2, 0) is 6.54 Å². The maximum Gasteiger partial charge on any atom is 0.252 e. The number of pyridine rings is 1. The van der Waals surface area contributed by atoms with Crippen LogP contribution in [0.25, 0.3) is 11.0 Å². The highest BCUT2D eigenvalue weighted by Crippen LogP contribution is 2.22. The summed E-state index contributed by atoms with van der Waals surface area (Å²) < 4.78 is 3.70. The van der Waals surface area contributed by atoms with E-state index in [1.165, 1.54) is 0 Å². The van der Waals surface area contributed by atoms with E-state index in [9.17, 15) is 4.79 Å². The lowest BCUT2D eigenvalue weighted by atomic mass is 10.1. The second kappa shape index (κ2) is 8.08. The van der Waals surface area contributed by atoms with Gasteiger partial charge in [0.1, 0.15) is 0 Å². The van der Waals surface area contributed by atoms with Gasteiger partial charge in [-0.15, -0.1) is 0 Å². The van der Waals surface area contributed by atoms with Crippen LogP contribution in [0.4, 0.5) is 0 Å². The standard InChI is InChI=1S/C19H25ClN6O/c1-5-15(26-11-14(20)10-22-26)7-8-21-19(27)16-9-12(3)23-18-17(16)13(4)24-25(18)6-2/h9-11,15H,5-8H2,1-4H3,(H,21,27). The van der Waals surface area contributed by atoms with Crippen molar-refractivity contribution in [2.75, 3.05) is 6.54 Å². The molecule has 3 aromatic rings. The van der Waals surface area contributed by atoms with Crippen molar-refractivity contribution in [3.8, 4) is 0 Å². The van der Waals surface area contributed by atoms with Crippen molar-refractivity contribution in [1.82, 2.24) is 29.9 Å². The molecule has 27 heavy (non-hydrogen) atoms. The quantitative estimate of drug-likeness (QED) is 0.669. The van der Waals surface area contributed by atoms with Crippen LogP contribution < -0.4 is 5.32 Å². The maximum atomic E-state index is 12.9. The Kier molecular flexibility index (Phi) is 5.79. The van der Waals surface area contributed by atoms with E-state index in [4.69, 9.17) is 11.6 Å². The van der Waals surface area contributed by atoms with E-state index in [1.807, 2.05) is 42.4 Å². The highest BCUT2D eigenvalue weighted by molar-refractivity contribution is 6.30. The van der Waals surface area contributed by atoms with E-state index in [1.54, 1.807) is 6.20 Å². The van der Waals surface area contributed by atoms with Gasteiger partial charge < -0.3 is 5.32 Å². The third kappa shape index (κ3) is 3.98. The lowest BCUT2D eigenvalue weighted by Crippen LogP contribution is -2.27. The fourth-order valence-electron chi connectivity index (χ4n) is 3.36. The van der Waals surface area contributed by atoms with Crippen molar-refractivity contribution in [3.63, 3.8) is 0 Å². The third-order valence-electron chi connectivity index (χ3n) is 4.73. The third-order valence-corrected chi connectivity index (χ3v) is 4.92. The van der Waals surface area contributed by atoms with Gasteiger partial charge in [0.2, 0.25) is 0 Å². The van der Waals surface area contributed by atoms with Crippen LogP contribution in [0.5, 0.6) is 0 Å². The molecule has 7 nitrogen and oxygen atoms in total. The summed E-state index contributed by atoms with van der Waals surface area (Å²) in [6.45, 7) is 9.19. The molecule has 0 radical (unpaired) electrons. The van der Waals surface area contributed by atoms with E-state index in [-0.39, 0.29) is 11.9 Å². The van der Waals surface area contributed by atoms with Gasteiger partial charge in [-0.3, -0.25) is 9.48 Å². The number of nitrogens with one attached hydrogen (secondary N) is 1. The SMILES string of the molecule is CCC(CCNC(=O)c1cc(C)nc2c1c(C)nn2CC)n1cc(Cl)cn1. The minimum atomic E-state index is -0.0994. The Bertz CT molecular complexity index is 961. The van der Waals surface area contributed by atoms with E-state index < -0.39 is 0 Å². The van der Waals surface area contributed by atoms with E-state index in [2.05, 4.69) is 27.4 Å². The zero-order valence-electron chi connectivity index (χ0n) is 16.2. The first kappa shape index (κ1) is 19.4. The number of nitrogens with zero attached hydrogens (tertiary/aromatic N) is 5. The highest BCUT2D eigenvalue weighted by atomic mass is 35.5. The number of aryl methyl sites for hydroxylation is 3. The number of aromatic nitrogens is 5. The molecule has 0 saturated carbocycles. The lowest BCUT2D eigenvalue weighted by molar-refractivity contribution is 0.0952. The number of rotatable bonds is 7. The average molecular weight is 389 g/mol. The molecule has 3 aromatic heterocycles. The fraction of sp³-hybridized carbons (Fsp3) is 0.474. The number of halogens is 1. The Hall–Kier alpha value is -2.41. The first-order valence-electron chi connectivity index (χ1n) is 9.27. The summed E-state index contributed by atoms with van der Waals surface area (Å²) in [4.78, 5) is 17.4. The van der Waals surface area contributed by atoms with Gasteiger partial charge in [-0.2, -0.15) is 10.2 Å². The van der Waals surface area contributed by atoms with Crippen LogP contribution in [0.2, 0.25) is 5.02 Å². The number of fused-ring (bicyclic) bond motifs is 1. The molecule has 8 heteroatoms. The Labute approximate surface area is 163 Å². The van der Waals surface area contributed by atoms with E-state index in [0.29, 0.717) is 23.7 Å².